The summed E-state index contributed by atoms with van der Waals surface area (Å²) in [6, 6.07) is 7.26. The average molecular weight is 350 g/mol. The maximum atomic E-state index is 12.0. The number of fused-ring (bicyclic) bond motifs is 1. The van der Waals surface area contributed by atoms with Gasteiger partial charge in [0.1, 0.15) is 6.33 Å². The Morgan fingerprint density at radius 1 is 1.43 bits per heavy atom. The Hall–Kier alpha value is -2.22. The SMILES string of the molecule is O=C(C[C@H]1Cn2ncnc2NC1=O)Nc1ccc(Br)cc1. The Labute approximate surface area is 128 Å². The number of carbonyl (C=O) groups is 2. The number of rotatable bonds is 3. The van der Waals surface area contributed by atoms with Gasteiger partial charge < -0.3 is 5.32 Å². The molecule has 0 unspecified atom stereocenters. The van der Waals surface area contributed by atoms with E-state index in [1.54, 1.807) is 16.8 Å². The van der Waals surface area contributed by atoms with Gasteiger partial charge in [-0.15, -0.1) is 0 Å². The fourth-order valence-electron chi connectivity index (χ4n) is 2.12. The maximum absolute atomic E-state index is 12.0. The minimum absolute atomic E-state index is 0.0984. The molecule has 1 aromatic heterocycles. The second-order valence-corrected chi connectivity index (χ2v) is 5.63. The first-order valence-corrected chi connectivity index (χ1v) is 7.15. The van der Waals surface area contributed by atoms with Gasteiger partial charge in [0.05, 0.1) is 12.5 Å². The first-order valence-electron chi connectivity index (χ1n) is 6.36. The van der Waals surface area contributed by atoms with E-state index >= 15 is 0 Å². The Kier molecular flexibility index (Phi) is 3.70. The van der Waals surface area contributed by atoms with Gasteiger partial charge in [-0.1, -0.05) is 15.9 Å². The lowest BCUT2D eigenvalue weighted by atomic mass is 10.0. The van der Waals surface area contributed by atoms with Crippen molar-refractivity contribution in [3.63, 3.8) is 0 Å². The molecule has 0 fully saturated rings. The Bertz CT molecular complexity index is 682. The number of carbonyl (C=O) groups excluding carboxylic acids is 2. The highest BCUT2D eigenvalue weighted by Gasteiger charge is 2.29. The number of nitrogens with zero attached hydrogens (tertiary/aromatic N) is 3. The highest BCUT2D eigenvalue weighted by molar-refractivity contribution is 9.10. The molecule has 8 heteroatoms. The molecule has 0 saturated carbocycles. The monoisotopic (exact) mass is 349 g/mol. The number of benzene rings is 1. The highest BCUT2D eigenvalue weighted by atomic mass is 79.9. The van der Waals surface area contributed by atoms with E-state index < -0.39 is 5.92 Å². The smallest absolute Gasteiger partial charge is 0.232 e. The molecule has 2 heterocycles. The van der Waals surface area contributed by atoms with Crippen LogP contribution in [0.1, 0.15) is 6.42 Å². The minimum atomic E-state index is -0.449. The van der Waals surface area contributed by atoms with Gasteiger partial charge in [0.25, 0.3) is 0 Å². The molecule has 7 nitrogen and oxygen atoms in total. The van der Waals surface area contributed by atoms with Crippen molar-refractivity contribution in [3.8, 4) is 0 Å². The van der Waals surface area contributed by atoms with Crippen molar-refractivity contribution in [2.24, 2.45) is 5.92 Å². The summed E-state index contributed by atoms with van der Waals surface area (Å²) in [4.78, 5) is 27.8. The predicted octanol–water partition coefficient (Wildman–Crippen LogP) is 1.64. The van der Waals surface area contributed by atoms with Gasteiger partial charge in [-0.2, -0.15) is 10.1 Å². The van der Waals surface area contributed by atoms with Gasteiger partial charge >= 0.3 is 0 Å². The van der Waals surface area contributed by atoms with E-state index in [1.165, 1.54) is 6.33 Å². The first kappa shape index (κ1) is 13.7. The summed E-state index contributed by atoms with van der Waals surface area (Å²) in [5.41, 5.74) is 0.695. The van der Waals surface area contributed by atoms with E-state index in [2.05, 4.69) is 36.6 Å². The molecule has 2 aromatic rings. The van der Waals surface area contributed by atoms with Crippen molar-refractivity contribution in [2.75, 3.05) is 10.6 Å². The van der Waals surface area contributed by atoms with Crippen LogP contribution in [-0.4, -0.2) is 26.6 Å². The molecule has 0 aliphatic carbocycles. The van der Waals surface area contributed by atoms with Gasteiger partial charge in [0.2, 0.25) is 17.8 Å². The Morgan fingerprint density at radius 3 is 2.95 bits per heavy atom. The number of hydrogen-bond acceptors (Lipinski definition) is 4. The average Bonchev–Trinajstić information content (AvgIpc) is 2.89. The molecule has 0 spiro atoms. The third kappa shape index (κ3) is 3.10. The summed E-state index contributed by atoms with van der Waals surface area (Å²) >= 11 is 3.33. The van der Waals surface area contributed by atoms with Crippen LogP contribution in [0.15, 0.2) is 35.1 Å². The van der Waals surface area contributed by atoms with Crippen LogP contribution in [0.3, 0.4) is 0 Å². The predicted molar refractivity (Wildman–Crippen MR) is 79.5 cm³/mol. The largest absolute Gasteiger partial charge is 0.326 e. The van der Waals surface area contributed by atoms with Gasteiger partial charge in [0, 0.05) is 16.6 Å². The molecular formula is C13H12BrN5O2. The lowest BCUT2D eigenvalue weighted by molar-refractivity contribution is -0.125. The molecule has 1 atom stereocenters. The van der Waals surface area contributed by atoms with Gasteiger partial charge in [0.15, 0.2) is 0 Å². The van der Waals surface area contributed by atoms with Crippen molar-refractivity contribution < 1.29 is 9.59 Å². The molecule has 0 radical (unpaired) electrons. The molecule has 0 saturated heterocycles. The normalized spacial score (nSPS) is 17.0. The van der Waals surface area contributed by atoms with Crippen molar-refractivity contribution >= 4 is 39.4 Å². The molecule has 1 aliphatic heterocycles. The maximum Gasteiger partial charge on any atom is 0.232 e. The summed E-state index contributed by atoms with van der Waals surface area (Å²) in [6.45, 7) is 0.356. The number of anilines is 2. The molecule has 21 heavy (non-hydrogen) atoms. The number of halogens is 1. The van der Waals surface area contributed by atoms with Crippen LogP contribution in [0.4, 0.5) is 11.6 Å². The van der Waals surface area contributed by atoms with Gasteiger partial charge in [-0.05, 0) is 24.3 Å². The topological polar surface area (TPSA) is 88.9 Å². The fraction of sp³-hybridized carbons (Fsp3) is 0.231. The van der Waals surface area contributed by atoms with Crippen LogP contribution in [-0.2, 0) is 16.1 Å². The summed E-state index contributed by atoms with van der Waals surface area (Å²) in [6.07, 6.45) is 1.47. The number of aromatic nitrogens is 3. The lowest BCUT2D eigenvalue weighted by Crippen LogP contribution is -2.36. The Balaban J connectivity index is 1.62. The van der Waals surface area contributed by atoms with E-state index in [4.69, 9.17) is 0 Å². The van der Waals surface area contributed by atoms with Gasteiger partial charge in [-0.3, -0.25) is 14.9 Å². The van der Waals surface area contributed by atoms with Crippen molar-refractivity contribution in [2.45, 2.75) is 13.0 Å². The van der Waals surface area contributed by atoms with Crippen LogP contribution >= 0.6 is 15.9 Å². The van der Waals surface area contributed by atoms with Crippen molar-refractivity contribution in [1.29, 1.82) is 0 Å². The fourth-order valence-corrected chi connectivity index (χ4v) is 2.39. The number of nitrogens with one attached hydrogen (secondary N) is 2. The zero-order valence-corrected chi connectivity index (χ0v) is 12.5. The first-order chi connectivity index (χ1) is 10.1. The van der Waals surface area contributed by atoms with Crippen LogP contribution in [0.2, 0.25) is 0 Å². The molecule has 1 aromatic carbocycles. The van der Waals surface area contributed by atoms with Crippen LogP contribution in [0, 0.1) is 5.92 Å². The molecule has 2 N–H and O–H groups in total. The van der Waals surface area contributed by atoms with Crippen LogP contribution in [0.25, 0.3) is 0 Å². The summed E-state index contributed by atoms with van der Waals surface area (Å²) < 4.78 is 2.52. The third-order valence-corrected chi connectivity index (χ3v) is 3.70. The van der Waals surface area contributed by atoms with E-state index in [-0.39, 0.29) is 18.2 Å². The van der Waals surface area contributed by atoms with Gasteiger partial charge in [-0.25, -0.2) is 4.68 Å². The van der Waals surface area contributed by atoms with Crippen molar-refractivity contribution in [1.82, 2.24) is 14.8 Å². The quantitative estimate of drug-likeness (QED) is 0.881. The standard InChI is InChI=1S/C13H12BrN5O2/c14-9-1-3-10(4-2-9)17-11(20)5-8-6-19-13(15-7-16-19)18-12(8)21/h1-4,7-8H,5-6H2,(H,17,20)(H,15,16,18,21)/t8-/m0/s1. The van der Waals surface area contributed by atoms with E-state index in [0.717, 1.165) is 4.47 Å². The molecule has 108 valence electrons. The third-order valence-electron chi connectivity index (χ3n) is 3.17. The van der Waals surface area contributed by atoms with Crippen LogP contribution in [0.5, 0.6) is 0 Å². The molecular weight excluding hydrogens is 338 g/mol. The Morgan fingerprint density at radius 2 is 2.19 bits per heavy atom. The molecule has 2 amide bonds. The molecule has 3 rings (SSSR count). The lowest BCUT2D eigenvalue weighted by Gasteiger charge is -2.21. The van der Waals surface area contributed by atoms with Crippen molar-refractivity contribution in [3.05, 3.63) is 35.1 Å². The van der Waals surface area contributed by atoms with Crippen LogP contribution < -0.4 is 10.6 Å². The number of amides is 2. The second kappa shape index (κ2) is 5.65. The second-order valence-electron chi connectivity index (χ2n) is 4.71. The highest BCUT2D eigenvalue weighted by Crippen LogP contribution is 2.19. The zero-order valence-electron chi connectivity index (χ0n) is 10.9. The van der Waals surface area contributed by atoms with E-state index in [1.807, 2.05) is 12.1 Å². The zero-order chi connectivity index (χ0) is 14.8. The molecule has 0 bridgehead atoms. The summed E-state index contributed by atoms with van der Waals surface area (Å²) in [5, 5.41) is 9.40. The summed E-state index contributed by atoms with van der Waals surface area (Å²) in [7, 11) is 0. The molecule has 1 aliphatic rings. The van der Waals surface area contributed by atoms with E-state index in [0.29, 0.717) is 18.2 Å². The summed E-state index contributed by atoms with van der Waals surface area (Å²) in [5.74, 6) is -0.443. The number of hydrogen-bond donors (Lipinski definition) is 2. The van der Waals surface area contributed by atoms with E-state index in [9.17, 15) is 9.59 Å². The minimum Gasteiger partial charge on any atom is -0.326 e.